The molecule has 3 unspecified atom stereocenters. The molecular weight excluding hydrogens is 1410 g/mol. The maximum Gasteiger partial charge on any atom is 0.330 e. The molecule has 2 saturated heterocycles. The third-order valence-electron chi connectivity index (χ3n) is 17.8. The molecule has 550 valence electrons. The van der Waals surface area contributed by atoms with Crippen molar-refractivity contribution in [2.75, 3.05) is 13.7 Å². The highest BCUT2D eigenvalue weighted by Crippen LogP contribution is 2.50. The van der Waals surface area contributed by atoms with Gasteiger partial charge in [0.2, 0.25) is 53.4 Å². The minimum absolute atomic E-state index is 0. The van der Waals surface area contributed by atoms with Crippen LogP contribution in [-0.2, 0) is 52.6 Å². The zero-order chi connectivity index (χ0) is 73.5. The summed E-state index contributed by atoms with van der Waals surface area (Å²) in [5, 5.41) is 131. The summed E-state index contributed by atoms with van der Waals surface area (Å²) in [4.78, 5) is 117. The fraction of sp³-hybridized carbons (Fsp3) is 0.424. The van der Waals surface area contributed by atoms with Crippen molar-refractivity contribution in [2.24, 2.45) is 17.4 Å². The minimum atomic E-state index is -2.35. The van der Waals surface area contributed by atoms with E-state index in [1.807, 2.05) is 13.8 Å². The Labute approximate surface area is 596 Å². The van der Waals surface area contributed by atoms with Gasteiger partial charge in [-0.05, 0) is 110 Å². The summed E-state index contributed by atoms with van der Waals surface area (Å²) in [7, 11) is 1.47. The lowest BCUT2D eigenvalue weighted by atomic mass is 9.86. The van der Waals surface area contributed by atoms with Crippen LogP contribution in [0.3, 0.4) is 0 Å². The lowest BCUT2D eigenvalue weighted by molar-refractivity contribution is -0.333. The molecule has 18 atom stereocenters. The smallest absolute Gasteiger partial charge is 0.330 e. The summed E-state index contributed by atoms with van der Waals surface area (Å²) in [6.07, 6.45) is -18.6. The van der Waals surface area contributed by atoms with Gasteiger partial charge in [0.1, 0.15) is 89.5 Å². The predicted molar refractivity (Wildman–Crippen MR) is 357 cm³/mol. The molecule has 11 bridgehead atoms. The van der Waals surface area contributed by atoms with Crippen LogP contribution in [0.4, 0.5) is 0 Å². The van der Waals surface area contributed by atoms with E-state index in [0.717, 1.165) is 66.7 Å². The quantitative estimate of drug-likeness (QED) is 0.0764. The summed E-state index contributed by atoms with van der Waals surface area (Å²) in [6, 6.07) is -0.679. The Hall–Kier alpha value is -8.91. The topological polar surface area (TPSA) is 530 Å². The fourth-order valence-corrected chi connectivity index (χ4v) is 12.9. The van der Waals surface area contributed by atoms with E-state index < -0.39 is 237 Å². The van der Waals surface area contributed by atoms with Gasteiger partial charge in [-0.25, -0.2) is 4.79 Å². The number of likely N-dealkylation sites (N-methyl/N-ethyl adjacent to an activating group) is 1. The molecule has 33 nitrogen and oxygen atoms in total. The fourth-order valence-electron chi connectivity index (χ4n) is 12.5. The number of aromatic hydroxyl groups is 3. The van der Waals surface area contributed by atoms with Gasteiger partial charge < -0.3 is 128 Å². The number of halogens is 3. The molecule has 102 heavy (non-hydrogen) atoms. The number of benzene rings is 5. The molecule has 12 rings (SSSR count). The van der Waals surface area contributed by atoms with Crippen LogP contribution in [0.2, 0.25) is 10.0 Å². The number of carbonyl (C=O) groups is 8. The van der Waals surface area contributed by atoms with Crippen molar-refractivity contribution in [2.45, 2.75) is 156 Å². The molecule has 0 aliphatic carbocycles. The van der Waals surface area contributed by atoms with Gasteiger partial charge in [0, 0.05) is 34.7 Å². The van der Waals surface area contributed by atoms with Crippen LogP contribution < -0.4 is 62.9 Å². The van der Waals surface area contributed by atoms with Gasteiger partial charge in [-0.3, -0.25) is 33.6 Å². The number of carbonyl (C=O) groups excluding carboxylic acids is 7. The van der Waals surface area contributed by atoms with Gasteiger partial charge in [0.05, 0.1) is 41.3 Å². The van der Waals surface area contributed by atoms with Gasteiger partial charge >= 0.3 is 5.97 Å². The largest absolute Gasteiger partial charge is 0.508 e. The first kappa shape index (κ1) is 77.3. The highest BCUT2D eigenvalue weighted by atomic mass is 35.5. The third kappa shape index (κ3) is 16.3. The number of fused-ring (bicyclic) bond motifs is 15. The van der Waals surface area contributed by atoms with E-state index in [2.05, 4.69) is 37.2 Å². The highest BCUT2D eigenvalue weighted by molar-refractivity contribution is 6.32. The van der Waals surface area contributed by atoms with Gasteiger partial charge in [0.25, 0.3) is 0 Å². The molecule has 0 aromatic heterocycles. The number of nitrogens with one attached hydrogen (secondary N) is 7. The number of hydrogen-bond donors (Lipinski definition) is 19. The standard InChI is InChI=1S/C66H75Cl2N9O24.ClH/c1-23(2)12-34(71-5)58(88)76-49-51(83)26-7-10-38(32(67)14-26)97-40-16-28-17-41(55(40)101-65-56(54(86)53(85)42(22-78)99-65)100-44-21-66(4,70)57(87)24(3)96-44)98-39-11-8-27(15-33(39)68)52(84)50-63(93)75-48(64(94)95)31-18-29(79)19-37(81)45(31)30-13-25(6-9-36(30)80)46(60(90)77-50)74-61(91)47(28)73-59(89)35(20-43(69)82)72-62(49)92;/h6-11,13-19,23-24,34-35,42,44,46-54,56-57,65,71,78-81,83-87H,12,20-22,70H2,1-5H3,(H2,69,82)(H,72,92)(H,73,89)(H,74,91)(H,75,93)(H,76,88)(H,77,90)(H,94,95);1H/t24-,34+,35-,42?,44-,46?,47+,48+,49?,50-,51+,52+,53+,54-,56+,57+,65-,66-;/m0./s1. The van der Waals surface area contributed by atoms with E-state index >= 15 is 14.4 Å². The monoisotopic (exact) mass is 1480 g/mol. The Morgan fingerprint density at radius 1 is 0.716 bits per heavy atom. The van der Waals surface area contributed by atoms with Gasteiger partial charge in [-0.15, -0.1) is 12.4 Å². The maximum atomic E-state index is 16.0. The number of carboxylic acid groups (broad SMARTS) is 1. The SMILES string of the molecule is CN[C@H](CC(C)C)C(=O)NC1C(=O)N[C@@H](CC(N)=O)C(=O)N[C@H]2C(=O)NC3C(=O)N[C@H](C(=O)N[C@@H](C(=O)O)c4cc(O)cc(O)c4-c4cc3ccc4O)[C@H](O)c3ccc(c(Cl)c3)Oc3cc2cc(c3O[C@@H]2OC(CO)[C@@H](O)[C@H](O)[C@H]2O[C@H]2C[C@](C)(N)[C@H](O)[C@H](C)O2)Oc2ccc(cc2Cl)[C@H]1O.Cl. The number of nitrogens with two attached hydrogens (primary N) is 2. The van der Waals surface area contributed by atoms with Crippen molar-refractivity contribution in [1.29, 1.82) is 0 Å². The van der Waals surface area contributed by atoms with Crippen molar-refractivity contribution in [3.63, 3.8) is 0 Å². The molecule has 36 heteroatoms. The van der Waals surface area contributed by atoms with Gasteiger partial charge in [-0.2, -0.15) is 0 Å². The second-order valence-electron chi connectivity index (χ2n) is 25.7. The summed E-state index contributed by atoms with van der Waals surface area (Å²) in [5.41, 5.74) is 8.00. The first-order valence-electron chi connectivity index (χ1n) is 31.6. The number of rotatable bonds is 13. The minimum Gasteiger partial charge on any atom is -0.508 e. The molecule has 7 aliphatic rings. The van der Waals surface area contributed by atoms with Crippen LogP contribution in [0.5, 0.6) is 46.0 Å². The molecular formula is C66H76Cl3N9O24. The van der Waals surface area contributed by atoms with E-state index in [1.54, 1.807) is 0 Å². The van der Waals surface area contributed by atoms with Crippen LogP contribution in [0.15, 0.2) is 78.9 Å². The van der Waals surface area contributed by atoms with Crippen molar-refractivity contribution >= 4 is 82.9 Å². The molecule has 5 aromatic carbocycles. The number of aliphatic carboxylic acids is 1. The second kappa shape index (κ2) is 31.4. The van der Waals surface area contributed by atoms with Gasteiger partial charge in [0.15, 0.2) is 29.9 Å². The average molecular weight is 1490 g/mol. The van der Waals surface area contributed by atoms with Crippen LogP contribution in [-0.4, -0.2) is 191 Å². The van der Waals surface area contributed by atoms with Crippen LogP contribution in [0.1, 0.15) is 105 Å². The number of primary amides is 1. The van der Waals surface area contributed by atoms with Crippen molar-refractivity contribution in [3.05, 3.63) is 117 Å². The molecule has 0 radical (unpaired) electrons. The maximum absolute atomic E-state index is 16.0. The number of aliphatic hydroxyl groups is 6. The summed E-state index contributed by atoms with van der Waals surface area (Å²) in [5.74, 6) is -16.0. The molecule has 2 fully saturated rings. The Morgan fingerprint density at radius 3 is 1.89 bits per heavy atom. The molecule has 0 saturated carbocycles. The number of hydrogen-bond acceptors (Lipinski definition) is 25. The number of aliphatic hydroxyl groups excluding tert-OH is 6. The first-order chi connectivity index (χ1) is 47.7. The Bertz CT molecular complexity index is 4080. The molecule has 7 heterocycles. The normalized spacial score (nSPS) is 29.1. The van der Waals surface area contributed by atoms with Crippen LogP contribution in [0.25, 0.3) is 11.1 Å². The van der Waals surface area contributed by atoms with Crippen LogP contribution >= 0.6 is 35.6 Å². The number of amides is 7. The first-order valence-corrected chi connectivity index (χ1v) is 32.4. The van der Waals surface area contributed by atoms with E-state index in [0.29, 0.717) is 0 Å². The lowest BCUT2D eigenvalue weighted by Crippen LogP contribution is -2.64. The van der Waals surface area contributed by atoms with Crippen molar-refractivity contribution in [1.82, 2.24) is 37.2 Å². The van der Waals surface area contributed by atoms with Crippen molar-refractivity contribution < 1.29 is 118 Å². The number of phenolic OH excluding ortho intramolecular Hbond substituents is 3. The molecule has 7 amide bonds. The van der Waals surface area contributed by atoms with E-state index in [-0.39, 0.29) is 58.6 Å². The number of ether oxygens (including phenoxy) is 6. The molecule has 7 aliphatic heterocycles. The summed E-state index contributed by atoms with van der Waals surface area (Å²) >= 11 is 14.1. The zero-order valence-corrected chi connectivity index (χ0v) is 57.1. The van der Waals surface area contributed by atoms with Gasteiger partial charge in [-0.1, -0.05) is 55.2 Å². The number of phenols is 3. The molecule has 5 aromatic rings. The van der Waals surface area contributed by atoms with Crippen LogP contribution in [0, 0.1) is 5.92 Å². The average Bonchev–Trinajstić information content (AvgIpc) is 0.773. The highest BCUT2D eigenvalue weighted by Gasteiger charge is 2.51. The summed E-state index contributed by atoms with van der Waals surface area (Å²) < 4.78 is 38.3. The summed E-state index contributed by atoms with van der Waals surface area (Å²) in [6.45, 7) is 5.66. The zero-order valence-electron chi connectivity index (χ0n) is 54.7. The Morgan fingerprint density at radius 2 is 1.31 bits per heavy atom. The Kier molecular flexibility index (Phi) is 23.8. The Balaban J connectivity index is 0.0000121. The van der Waals surface area contributed by atoms with E-state index in [1.165, 1.54) is 33.0 Å². The predicted octanol–water partition coefficient (Wildman–Crippen LogP) is 0.528. The number of carboxylic acids is 1. The second-order valence-corrected chi connectivity index (χ2v) is 26.5. The van der Waals surface area contributed by atoms with Crippen molar-refractivity contribution in [3.8, 4) is 57.1 Å². The van der Waals surface area contributed by atoms with E-state index in [4.69, 9.17) is 63.1 Å². The molecule has 0 spiro atoms. The van der Waals surface area contributed by atoms with E-state index in [9.17, 15) is 75.0 Å². The third-order valence-corrected chi connectivity index (χ3v) is 18.4. The molecule has 21 N–H and O–H groups in total. The lowest BCUT2D eigenvalue weighted by Gasteiger charge is -2.47.